The van der Waals surface area contributed by atoms with Gasteiger partial charge in [0.05, 0.1) is 12.0 Å². The van der Waals surface area contributed by atoms with Crippen LogP contribution in [0.2, 0.25) is 0 Å². The molecule has 0 heterocycles. The first kappa shape index (κ1) is 10.9. The first-order valence-electron chi connectivity index (χ1n) is 4.10. The van der Waals surface area contributed by atoms with Crippen molar-refractivity contribution in [2.24, 2.45) is 0 Å². The Labute approximate surface area is 85.5 Å². The van der Waals surface area contributed by atoms with Crippen LogP contribution in [0, 0.1) is 17.7 Å². The third-order valence-corrected chi connectivity index (χ3v) is 1.62. The van der Waals surface area contributed by atoms with E-state index in [2.05, 4.69) is 11.8 Å². The molecule has 4 heteroatoms. The summed E-state index contributed by atoms with van der Waals surface area (Å²) in [5.41, 5.74) is -0.000788. The minimum Gasteiger partial charge on any atom is -0.478 e. The molecular weight excluding hydrogens is 199 g/mol. The molecule has 1 aromatic carbocycles. The fourth-order valence-electron chi connectivity index (χ4n) is 0.994. The summed E-state index contributed by atoms with van der Waals surface area (Å²) in [6.45, 7) is 0. The number of carbonyl (C=O) groups is 2. The number of aldehydes is 1. The number of carboxylic acids is 1. The van der Waals surface area contributed by atoms with E-state index in [-0.39, 0.29) is 17.5 Å². The summed E-state index contributed by atoms with van der Waals surface area (Å²) < 4.78 is 12.8. The van der Waals surface area contributed by atoms with Crippen LogP contribution in [0.3, 0.4) is 0 Å². The number of hydrogen-bond acceptors (Lipinski definition) is 2. The van der Waals surface area contributed by atoms with Gasteiger partial charge in [-0.1, -0.05) is 11.8 Å². The average Bonchev–Trinajstić information content (AvgIpc) is 2.18. The Bertz CT molecular complexity index is 455. The van der Waals surface area contributed by atoms with E-state index in [0.717, 1.165) is 18.2 Å². The highest BCUT2D eigenvalue weighted by molar-refractivity contribution is 5.90. The van der Waals surface area contributed by atoms with Gasteiger partial charge in [0.25, 0.3) is 0 Å². The zero-order chi connectivity index (χ0) is 11.3. The number of benzene rings is 1. The summed E-state index contributed by atoms with van der Waals surface area (Å²) >= 11 is 0. The monoisotopic (exact) mass is 206 g/mol. The van der Waals surface area contributed by atoms with Crippen molar-refractivity contribution in [3.63, 3.8) is 0 Å². The van der Waals surface area contributed by atoms with Gasteiger partial charge in [0.1, 0.15) is 12.1 Å². The summed E-state index contributed by atoms with van der Waals surface area (Å²) in [6, 6.07) is 3.22. The Morgan fingerprint density at radius 1 is 1.53 bits per heavy atom. The minimum absolute atomic E-state index is 0.00439. The molecule has 0 saturated carbocycles. The van der Waals surface area contributed by atoms with Crippen molar-refractivity contribution in [2.75, 3.05) is 0 Å². The third-order valence-electron chi connectivity index (χ3n) is 1.62. The van der Waals surface area contributed by atoms with Crippen molar-refractivity contribution in [1.82, 2.24) is 0 Å². The highest BCUT2D eigenvalue weighted by Crippen LogP contribution is 2.10. The van der Waals surface area contributed by atoms with Crippen LogP contribution in [0.1, 0.15) is 22.3 Å². The second-order valence-corrected chi connectivity index (χ2v) is 2.67. The highest BCUT2D eigenvalue weighted by atomic mass is 19.1. The largest absolute Gasteiger partial charge is 0.478 e. The van der Waals surface area contributed by atoms with E-state index >= 15 is 0 Å². The maximum atomic E-state index is 12.8. The van der Waals surface area contributed by atoms with E-state index in [1.165, 1.54) is 0 Å². The van der Waals surface area contributed by atoms with Gasteiger partial charge < -0.3 is 9.90 Å². The lowest BCUT2D eigenvalue weighted by Gasteiger charge is -1.98. The molecule has 0 aliphatic carbocycles. The molecule has 0 amide bonds. The van der Waals surface area contributed by atoms with Gasteiger partial charge in [-0.15, -0.1) is 0 Å². The third kappa shape index (κ3) is 2.92. The number of rotatable bonds is 2. The smallest absolute Gasteiger partial charge is 0.336 e. The van der Waals surface area contributed by atoms with Crippen LogP contribution in [0.4, 0.5) is 4.39 Å². The zero-order valence-corrected chi connectivity index (χ0v) is 7.66. The maximum Gasteiger partial charge on any atom is 0.336 e. The standard InChI is InChI=1S/C11H7FO3/c12-9-4-5-10(11(14)15)8(7-9)3-1-2-6-13/h4-7H,2H2,(H,14,15). The Kier molecular flexibility index (Phi) is 3.58. The molecule has 0 aromatic heterocycles. The van der Waals surface area contributed by atoms with Crippen molar-refractivity contribution in [3.05, 3.63) is 35.1 Å². The molecule has 0 radical (unpaired) electrons. The van der Waals surface area contributed by atoms with Crippen molar-refractivity contribution >= 4 is 12.3 Å². The Morgan fingerprint density at radius 3 is 2.87 bits per heavy atom. The van der Waals surface area contributed by atoms with Crippen molar-refractivity contribution in [3.8, 4) is 11.8 Å². The van der Waals surface area contributed by atoms with Gasteiger partial charge in [-0.25, -0.2) is 9.18 Å². The van der Waals surface area contributed by atoms with Crippen LogP contribution < -0.4 is 0 Å². The SMILES string of the molecule is O=CCC#Cc1cc(F)ccc1C(=O)O. The Morgan fingerprint density at radius 2 is 2.27 bits per heavy atom. The number of halogens is 1. The molecule has 0 unspecified atom stereocenters. The van der Waals surface area contributed by atoms with Crippen molar-refractivity contribution in [2.45, 2.75) is 6.42 Å². The van der Waals surface area contributed by atoms with Gasteiger partial charge in [0.2, 0.25) is 0 Å². The second-order valence-electron chi connectivity index (χ2n) is 2.67. The van der Waals surface area contributed by atoms with Crippen molar-refractivity contribution in [1.29, 1.82) is 0 Å². The lowest BCUT2D eigenvalue weighted by atomic mass is 10.1. The van der Waals surface area contributed by atoms with Gasteiger partial charge in [-0.05, 0) is 18.2 Å². The fourth-order valence-corrected chi connectivity index (χ4v) is 0.994. The summed E-state index contributed by atoms with van der Waals surface area (Å²) in [5, 5.41) is 8.75. The van der Waals surface area contributed by atoms with Crippen LogP contribution in [0.15, 0.2) is 18.2 Å². The van der Waals surface area contributed by atoms with E-state index in [1.807, 2.05) is 0 Å². The van der Waals surface area contributed by atoms with Crippen LogP contribution >= 0.6 is 0 Å². The number of carbonyl (C=O) groups excluding carboxylic acids is 1. The molecule has 0 aliphatic rings. The number of aromatic carboxylic acids is 1. The molecule has 3 nitrogen and oxygen atoms in total. The lowest BCUT2D eigenvalue weighted by molar-refractivity contribution is -0.107. The van der Waals surface area contributed by atoms with E-state index in [9.17, 15) is 14.0 Å². The van der Waals surface area contributed by atoms with E-state index < -0.39 is 11.8 Å². The van der Waals surface area contributed by atoms with E-state index in [4.69, 9.17) is 5.11 Å². The predicted molar refractivity (Wildman–Crippen MR) is 50.9 cm³/mol. The summed E-state index contributed by atoms with van der Waals surface area (Å²) in [5.74, 6) is 3.12. The van der Waals surface area contributed by atoms with Crippen molar-refractivity contribution < 1.29 is 19.1 Å². The van der Waals surface area contributed by atoms with Crippen LogP contribution in [0.25, 0.3) is 0 Å². The van der Waals surface area contributed by atoms with E-state index in [1.54, 1.807) is 0 Å². The topological polar surface area (TPSA) is 54.4 Å². The Hall–Kier alpha value is -2.15. The molecule has 0 spiro atoms. The fraction of sp³-hybridized carbons (Fsp3) is 0.0909. The first-order valence-corrected chi connectivity index (χ1v) is 4.10. The van der Waals surface area contributed by atoms with E-state index in [0.29, 0.717) is 6.29 Å². The molecule has 76 valence electrons. The molecule has 0 bridgehead atoms. The predicted octanol–water partition coefficient (Wildman–Crippen LogP) is 1.46. The summed E-state index contributed by atoms with van der Waals surface area (Å²) in [4.78, 5) is 20.7. The van der Waals surface area contributed by atoms with Crippen LogP contribution in [0.5, 0.6) is 0 Å². The Balaban J connectivity index is 3.14. The zero-order valence-electron chi connectivity index (χ0n) is 7.66. The quantitative estimate of drug-likeness (QED) is 0.588. The van der Waals surface area contributed by atoms with Gasteiger partial charge in [-0.2, -0.15) is 0 Å². The lowest BCUT2D eigenvalue weighted by Crippen LogP contribution is -2.00. The normalized spacial score (nSPS) is 8.87. The second kappa shape index (κ2) is 4.91. The average molecular weight is 206 g/mol. The maximum absolute atomic E-state index is 12.8. The molecule has 0 fully saturated rings. The van der Waals surface area contributed by atoms with Gasteiger partial charge in [0.15, 0.2) is 0 Å². The number of carboxylic acid groups (broad SMARTS) is 1. The molecule has 1 aromatic rings. The van der Waals surface area contributed by atoms with Gasteiger partial charge in [0, 0.05) is 5.56 Å². The highest BCUT2D eigenvalue weighted by Gasteiger charge is 2.08. The molecule has 1 N–H and O–H groups in total. The number of hydrogen-bond donors (Lipinski definition) is 1. The van der Waals surface area contributed by atoms with Crippen LogP contribution in [-0.4, -0.2) is 17.4 Å². The van der Waals surface area contributed by atoms with Crippen LogP contribution in [-0.2, 0) is 4.79 Å². The summed E-state index contributed by atoms with van der Waals surface area (Å²) in [7, 11) is 0. The van der Waals surface area contributed by atoms with Gasteiger partial charge in [-0.3, -0.25) is 0 Å². The summed E-state index contributed by atoms with van der Waals surface area (Å²) in [6.07, 6.45) is 0.586. The molecule has 1 rings (SSSR count). The first-order chi connectivity index (χ1) is 7.15. The van der Waals surface area contributed by atoms with Gasteiger partial charge >= 0.3 is 5.97 Å². The molecule has 0 saturated heterocycles. The molecule has 15 heavy (non-hydrogen) atoms. The molecule has 0 atom stereocenters. The molecular formula is C11H7FO3. The minimum atomic E-state index is -1.18. The molecule has 0 aliphatic heterocycles.